The van der Waals surface area contributed by atoms with Crippen molar-refractivity contribution in [3.63, 3.8) is 0 Å². The summed E-state index contributed by atoms with van der Waals surface area (Å²) < 4.78 is 227. The van der Waals surface area contributed by atoms with E-state index in [0.29, 0.717) is 0 Å². The number of hydrogen-bond donors (Lipinski definition) is 0. The van der Waals surface area contributed by atoms with Gasteiger partial charge in [0.25, 0.3) is 0 Å². The van der Waals surface area contributed by atoms with E-state index in [1.165, 1.54) is 4.74 Å². The van der Waals surface area contributed by atoms with Crippen molar-refractivity contribution < 1.29 is 83.8 Å². The molecule has 2 unspecified atom stereocenters. The average molecular weight is 478 g/mol. The molecular formula is C10F18O. The van der Waals surface area contributed by atoms with E-state index < -0.39 is 59.7 Å². The Kier molecular flexibility index (Phi) is 6.99. The van der Waals surface area contributed by atoms with Gasteiger partial charge in [-0.2, -0.15) is 61.5 Å². The van der Waals surface area contributed by atoms with Crippen molar-refractivity contribution in [1.82, 2.24) is 0 Å². The minimum atomic E-state index is -7.90. The van der Waals surface area contributed by atoms with Crippen LogP contribution in [0.15, 0.2) is 23.8 Å². The van der Waals surface area contributed by atoms with Gasteiger partial charge in [-0.25, -0.2) is 22.3 Å². The van der Waals surface area contributed by atoms with Crippen LogP contribution < -0.4 is 0 Å². The van der Waals surface area contributed by atoms with Gasteiger partial charge in [-0.1, -0.05) is 0 Å². The fourth-order valence-electron chi connectivity index (χ4n) is 1.40. The van der Waals surface area contributed by atoms with E-state index in [1.54, 1.807) is 0 Å². The molecule has 0 N–H and O–H groups in total. The van der Waals surface area contributed by atoms with Crippen molar-refractivity contribution in [2.24, 2.45) is 0 Å². The summed E-state index contributed by atoms with van der Waals surface area (Å²) in [6.07, 6.45) is -40.4. The highest BCUT2D eigenvalue weighted by Gasteiger charge is 2.84. The fourth-order valence-corrected chi connectivity index (χ4v) is 1.40. The van der Waals surface area contributed by atoms with E-state index >= 15 is 0 Å². The second kappa shape index (κ2) is 7.46. The van der Waals surface area contributed by atoms with Gasteiger partial charge in [0.05, 0.1) is 0 Å². The van der Waals surface area contributed by atoms with Crippen molar-refractivity contribution >= 4 is 0 Å². The van der Waals surface area contributed by atoms with E-state index in [0.717, 1.165) is 0 Å². The largest absolute Gasteiger partial charge is 0.438 e. The normalized spacial score (nSPS) is 18.0. The first-order valence-electron chi connectivity index (χ1n) is 5.81. The van der Waals surface area contributed by atoms with Crippen LogP contribution in [0.25, 0.3) is 0 Å². The van der Waals surface area contributed by atoms with Gasteiger partial charge in [0.15, 0.2) is 0 Å². The standard InChI is InChI=1S/C10F18O/c11-1(3(13)14)5(17,7(19,20)21)9(25,26)29-10(27,28)6(18,8(22,23)24)2(12)4(15)16. The van der Waals surface area contributed by atoms with Crippen LogP contribution in [0, 0.1) is 0 Å². The van der Waals surface area contributed by atoms with Crippen LogP contribution in [0.3, 0.4) is 0 Å². The van der Waals surface area contributed by atoms with Gasteiger partial charge in [0.2, 0.25) is 11.7 Å². The maximum Gasteiger partial charge on any atom is 0.438 e. The Labute approximate surface area is 145 Å². The van der Waals surface area contributed by atoms with Crippen molar-refractivity contribution in [1.29, 1.82) is 0 Å². The van der Waals surface area contributed by atoms with E-state index in [2.05, 4.69) is 0 Å². The summed E-state index contributed by atoms with van der Waals surface area (Å²) in [5.74, 6) is -9.84. The Balaban J connectivity index is 6.86. The summed E-state index contributed by atoms with van der Waals surface area (Å²) in [4.78, 5) is 0. The zero-order chi connectivity index (χ0) is 24.0. The summed E-state index contributed by atoms with van der Waals surface area (Å²) in [6, 6.07) is 0. The molecule has 19 heteroatoms. The SMILES string of the molecule is FC(F)=C(F)C(F)(C(F)(F)F)C(F)(F)OC(F)(F)C(F)(C(F)=C(F)F)C(F)(F)F. The van der Waals surface area contributed by atoms with Crippen molar-refractivity contribution in [3.05, 3.63) is 23.8 Å². The van der Waals surface area contributed by atoms with E-state index in [1.807, 2.05) is 0 Å². The molecule has 1 nitrogen and oxygen atoms in total. The molecular weight excluding hydrogens is 478 g/mol. The lowest BCUT2D eigenvalue weighted by atomic mass is 10.0. The lowest BCUT2D eigenvalue weighted by Gasteiger charge is -2.38. The lowest BCUT2D eigenvalue weighted by molar-refractivity contribution is -0.475. The zero-order valence-electron chi connectivity index (χ0n) is 12.2. The van der Waals surface area contributed by atoms with Gasteiger partial charge in [-0.3, -0.25) is 0 Å². The number of alkyl halides is 12. The third kappa shape index (κ3) is 4.23. The molecule has 0 aliphatic carbocycles. The van der Waals surface area contributed by atoms with Crippen LogP contribution in [0.2, 0.25) is 0 Å². The molecule has 172 valence electrons. The molecule has 29 heavy (non-hydrogen) atoms. The molecule has 0 amide bonds. The van der Waals surface area contributed by atoms with Gasteiger partial charge >= 0.3 is 48.1 Å². The van der Waals surface area contributed by atoms with Gasteiger partial charge in [0.1, 0.15) is 0 Å². The van der Waals surface area contributed by atoms with E-state index in [4.69, 9.17) is 0 Å². The Hall–Kier alpha value is -1.82. The number of halogens is 18. The van der Waals surface area contributed by atoms with Crippen LogP contribution in [0.1, 0.15) is 0 Å². The number of hydrogen-bond acceptors (Lipinski definition) is 1. The minimum absolute atomic E-state index is 1.28. The minimum Gasteiger partial charge on any atom is -0.249 e. The topological polar surface area (TPSA) is 9.23 Å². The molecule has 0 aromatic heterocycles. The predicted molar refractivity (Wildman–Crippen MR) is 51.5 cm³/mol. The quantitative estimate of drug-likeness (QED) is 0.378. The Morgan fingerprint density at radius 1 is 0.414 bits per heavy atom. The molecule has 0 rings (SSSR count). The predicted octanol–water partition coefficient (Wildman–Crippen LogP) is 6.89. The van der Waals surface area contributed by atoms with Crippen molar-refractivity contribution in [2.45, 2.75) is 35.9 Å². The first-order chi connectivity index (χ1) is 12.4. The zero-order valence-corrected chi connectivity index (χ0v) is 12.2. The smallest absolute Gasteiger partial charge is 0.249 e. The third-order valence-corrected chi connectivity index (χ3v) is 2.78. The highest BCUT2D eigenvalue weighted by Crippen LogP contribution is 2.58. The van der Waals surface area contributed by atoms with Crippen LogP contribution in [-0.2, 0) is 4.74 Å². The van der Waals surface area contributed by atoms with Gasteiger partial charge in [0, 0.05) is 0 Å². The summed E-state index contributed by atoms with van der Waals surface area (Å²) >= 11 is 0. The molecule has 0 aliphatic rings. The van der Waals surface area contributed by atoms with Crippen LogP contribution in [-0.4, -0.2) is 35.9 Å². The maximum absolute atomic E-state index is 13.4. The number of rotatable bonds is 6. The number of ether oxygens (including phenoxy) is 1. The molecule has 0 fully saturated rings. The summed E-state index contributed by atoms with van der Waals surface area (Å²) in [5, 5.41) is 0. The lowest BCUT2D eigenvalue weighted by Crippen LogP contribution is -2.65. The molecule has 0 aromatic carbocycles. The van der Waals surface area contributed by atoms with Crippen LogP contribution in [0.4, 0.5) is 79.0 Å². The van der Waals surface area contributed by atoms with E-state index in [-0.39, 0.29) is 0 Å². The van der Waals surface area contributed by atoms with Crippen molar-refractivity contribution in [2.75, 3.05) is 0 Å². The molecule has 0 aliphatic heterocycles. The third-order valence-electron chi connectivity index (χ3n) is 2.78. The highest BCUT2D eigenvalue weighted by molar-refractivity contribution is 5.21. The molecule has 0 aromatic rings. The summed E-state index contributed by atoms with van der Waals surface area (Å²) in [5.41, 5.74) is -15.4. The maximum atomic E-state index is 13.4. The summed E-state index contributed by atoms with van der Waals surface area (Å²) in [6.45, 7) is 0. The van der Waals surface area contributed by atoms with Gasteiger partial charge in [-0.05, 0) is 0 Å². The Morgan fingerprint density at radius 2 is 0.621 bits per heavy atom. The molecule has 0 spiro atoms. The Bertz CT molecular complexity index is 618. The molecule has 0 bridgehead atoms. The molecule has 0 saturated heterocycles. The molecule has 0 saturated carbocycles. The molecule has 0 heterocycles. The fraction of sp³-hybridized carbons (Fsp3) is 0.600. The molecule has 2 atom stereocenters. The average Bonchev–Trinajstić information content (AvgIpc) is 2.47. The highest BCUT2D eigenvalue weighted by atomic mass is 19.4. The second-order valence-corrected chi connectivity index (χ2v) is 4.60. The second-order valence-electron chi connectivity index (χ2n) is 4.60. The van der Waals surface area contributed by atoms with Gasteiger partial charge < -0.3 is 0 Å². The monoisotopic (exact) mass is 478 g/mol. The molecule has 0 radical (unpaired) electrons. The van der Waals surface area contributed by atoms with Crippen LogP contribution in [0.5, 0.6) is 0 Å². The Morgan fingerprint density at radius 3 is 0.759 bits per heavy atom. The first-order valence-corrected chi connectivity index (χ1v) is 5.81. The van der Waals surface area contributed by atoms with Crippen LogP contribution >= 0.6 is 0 Å². The van der Waals surface area contributed by atoms with Crippen molar-refractivity contribution in [3.8, 4) is 0 Å². The summed E-state index contributed by atoms with van der Waals surface area (Å²) in [7, 11) is 0. The van der Waals surface area contributed by atoms with E-state index in [9.17, 15) is 79.0 Å². The van der Waals surface area contributed by atoms with Gasteiger partial charge in [-0.15, -0.1) is 0 Å². The first kappa shape index (κ1) is 27.2.